The Labute approximate surface area is 123 Å². The van der Waals surface area contributed by atoms with E-state index in [0.717, 1.165) is 6.54 Å². The molecule has 0 radical (unpaired) electrons. The van der Waals surface area contributed by atoms with Crippen LogP contribution < -0.4 is 20.5 Å². The van der Waals surface area contributed by atoms with Crippen molar-refractivity contribution in [2.75, 3.05) is 20.1 Å². The van der Waals surface area contributed by atoms with E-state index in [1.54, 1.807) is 6.92 Å². The molecule has 0 rings (SSSR count). The summed E-state index contributed by atoms with van der Waals surface area (Å²) in [6.07, 6.45) is -0.0623. The van der Waals surface area contributed by atoms with Crippen LogP contribution in [0, 0.1) is 0 Å². The highest BCUT2D eigenvalue weighted by atomic mass is 32.1. The largest absolute Gasteiger partial charge is 0.829 e. The lowest BCUT2D eigenvalue weighted by molar-refractivity contribution is -0.431. The maximum absolute atomic E-state index is 10.5. The van der Waals surface area contributed by atoms with Crippen molar-refractivity contribution in [1.82, 2.24) is 15.4 Å². The normalized spacial score (nSPS) is 10.2. The molecule has 7 heteroatoms. The van der Waals surface area contributed by atoms with E-state index in [-0.39, 0.29) is 26.4 Å². The Kier molecular flexibility index (Phi) is 28.2. The second kappa shape index (κ2) is 19.9. The summed E-state index contributed by atoms with van der Waals surface area (Å²) in [7, 11) is 1.84. The summed E-state index contributed by atoms with van der Waals surface area (Å²) in [4.78, 5) is 20.5. The van der Waals surface area contributed by atoms with Crippen LogP contribution in [0.15, 0.2) is 0 Å². The zero-order valence-corrected chi connectivity index (χ0v) is 11.5. The topological polar surface area (TPSA) is 93.3 Å². The molecule has 19 heavy (non-hydrogen) atoms. The minimum absolute atomic E-state index is 0. The number of hydrogen-bond acceptors (Lipinski definition) is 7. The summed E-state index contributed by atoms with van der Waals surface area (Å²) in [5, 5.41) is 15.8. The third-order valence-corrected chi connectivity index (χ3v) is 1.89. The minimum atomic E-state index is -1.09. The Morgan fingerprint density at radius 1 is 1.11 bits per heavy atom. The molecule has 0 aliphatic rings. The second-order valence-corrected chi connectivity index (χ2v) is 3.73. The highest BCUT2D eigenvalue weighted by molar-refractivity contribution is 7.78. The van der Waals surface area contributed by atoms with E-state index < -0.39 is 6.35 Å². The van der Waals surface area contributed by atoms with Gasteiger partial charge in [-0.3, -0.25) is 14.3 Å². The van der Waals surface area contributed by atoms with Crippen LogP contribution >= 0.6 is 12.8 Å². The van der Waals surface area contributed by atoms with E-state index in [0.29, 0.717) is 19.4 Å². The zero-order chi connectivity index (χ0) is 13.7. The summed E-state index contributed by atoms with van der Waals surface area (Å²) < 4.78 is 2.16. The summed E-state index contributed by atoms with van der Waals surface area (Å²) in [6.45, 7) is 4.28. The summed E-state index contributed by atoms with van der Waals surface area (Å²) >= 11 is 3.53. The van der Waals surface area contributed by atoms with Gasteiger partial charge in [0.05, 0.1) is 0 Å². The fraction of sp³-hybridized carbons (Fsp3) is 0.833. The van der Waals surface area contributed by atoms with E-state index in [1.165, 1.54) is 6.92 Å². The number of rotatable bonds is 8. The van der Waals surface area contributed by atoms with Crippen molar-refractivity contribution >= 4 is 24.4 Å². The van der Waals surface area contributed by atoms with Crippen LogP contribution in [-0.2, 0) is 9.59 Å². The number of ketones is 2. The average molecular weight is 296 g/mol. The lowest BCUT2D eigenvalue weighted by Crippen LogP contribution is -2.48. The number of hydrogen-bond donors (Lipinski definition) is 4. The van der Waals surface area contributed by atoms with Gasteiger partial charge in [0.15, 0.2) is 0 Å². The number of carbonyl (C=O) groups excluding carboxylic acids is 2. The quantitative estimate of drug-likeness (QED) is 0.375. The van der Waals surface area contributed by atoms with E-state index in [1.807, 2.05) is 7.05 Å². The molecule has 0 heterocycles. The van der Waals surface area contributed by atoms with E-state index in [4.69, 9.17) is 0 Å². The Morgan fingerprint density at radius 2 is 1.53 bits per heavy atom. The molecule has 0 saturated heterocycles. The van der Waals surface area contributed by atoms with Crippen molar-refractivity contribution in [2.24, 2.45) is 0 Å². The SMILES string of the molecule is C.C.CC(=O)CCNC([O-])NS.CNCCC(C)=O. The predicted molar refractivity (Wildman–Crippen MR) is 81.9 cm³/mol. The van der Waals surface area contributed by atoms with E-state index >= 15 is 0 Å². The molecule has 0 aliphatic heterocycles. The van der Waals surface area contributed by atoms with Gasteiger partial charge in [0, 0.05) is 25.9 Å². The summed E-state index contributed by atoms with van der Waals surface area (Å²) in [5.74, 6) is 0.313. The van der Waals surface area contributed by atoms with Gasteiger partial charge in [0.2, 0.25) is 0 Å². The predicted octanol–water partition coefficient (Wildman–Crippen LogP) is 0.0905. The van der Waals surface area contributed by atoms with Crippen molar-refractivity contribution in [2.45, 2.75) is 47.9 Å². The van der Waals surface area contributed by atoms with Crippen LogP contribution in [-0.4, -0.2) is 38.1 Å². The molecule has 0 spiro atoms. The fourth-order valence-electron chi connectivity index (χ4n) is 0.726. The number of Topliss-reactive ketones (excluding diaryl/α,β-unsaturated/α-hetero) is 2. The molecule has 3 N–H and O–H groups in total. The monoisotopic (exact) mass is 296 g/mol. The molecule has 0 saturated carbocycles. The van der Waals surface area contributed by atoms with Gasteiger partial charge >= 0.3 is 0 Å². The smallest absolute Gasteiger partial charge is 0.131 e. The summed E-state index contributed by atoms with van der Waals surface area (Å²) in [5.41, 5.74) is 0. The number of nitrogens with one attached hydrogen (secondary N) is 3. The van der Waals surface area contributed by atoms with E-state index in [2.05, 4.69) is 28.2 Å². The molecular weight excluding hydrogens is 266 g/mol. The van der Waals surface area contributed by atoms with Gasteiger partial charge in [-0.2, -0.15) is 0 Å². The van der Waals surface area contributed by atoms with Gasteiger partial charge in [0.1, 0.15) is 11.6 Å². The van der Waals surface area contributed by atoms with Crippen LogP contribution in [0.4, 0.5) is 0 Å². The van der Waals surface area contributed by atoms with Gasteiger partial charge < -0.3 is 15.7 Å². The van der Waals surface area contributed by atoms with Crippen molar-refractivity contribution in [1.29, 1.82) is 0 Å². The minimum Gasteiger partial charge on any atom is -0.829 e. The summed E-state index contributed by atoms with van der Waals surface area (Å²) in [6, 6.07) is 0. The molecule has 118 valence electrons. The molecule has 1 unspecified atom stereocenters. The number of thiol groups is 1. The third kappa shape index (κ3) is 31.8. The van der Waals surface area contributed by atoms with Gasteiger partial charge in [0.25, 0.3) is 0 Å². The van der Waals surface area contributed by atoms with Crippen molar-refractivity contribution in [3.63, 3.8) is 0 Å². The van der Waals surface area contributed by atoms with Gasteiger partial charge in [-0.25, -0.2) is 0 Å². The Morgan fingerprint density at radius 3 is 1.79 bits per heavy atom. The van der Waals surface area contributed by atoms with Crippen molar-refractivity contribution in [3.8, 4) is 0 Å². The molecule has 0 aromatic rings. The fourth-order valence-corrected chi connectivity index (χ4v) is 0.817. The molecule has 0 aromatic carbocycles. The lowest BCUT2D eigenvalue weighted by atomic mass is 10.3. The Balaban J connectivity index is -0.000000112. The van der Waals surface area contributed by atoms with Crippen LogP contribution in [0.3, 0.4) is 0 Å². The second-order valence-electron chi connectivity index (χ2n) is 3.47. The van der Waals surface area contributed by atoms with Gasteiger partial charge in [-0.05, 0) is 27.2 Å². The first-order valence-electron chi connectivity index (χ1n) is 5.36. The number of carbonyl (C=O) groups is 2. The van der Waals surface area contributed by atoms with Gasteiger partial charge in [-0.15, -0.1) is 0 Å². The Hall–Kier alpha value is -0.470. The Bertz CT molecular complexity index is 216. The zero-order valence-electron chi connectivity index (χ0n) is 10.6. The third-order valence-electron chi connectivity index (χ3n) is 1.65. The van der Waals surface area contributed by atoms with Crippen LogP contribution in [0.2, 0.25) is 0 Å². The standard InChI is InChI=1S/C5H11N2O2S.C5H11NO.2CH4/c1-4(8)2-3-6-5(9)7-10;1-5(7)3-4-6-2;;/h5-7,10H,2-3H2,1H3;6H,3-4H2,1-2H3;2*1H4/q-1;;;. The molecule has 0 bridgehead atoms. The first-order chi connectivity index (χ1) is 7.93. The van der Waals surface area contributed by atoms with Crippen molar-refractivity contribution in [3.05, 3.63) is 0 Å². The maximum atomic E-state index is 10.5. The van der Waals surface area contributed by atoms with Crippen LogP contribution in [0.25, 0.3) is 0 Å². The molecule has 0 amide bonds. The highest BCUT2D eigenvalue weighted by Gasteiger charge is 1.92. The molecular formula is C12H30N3O3S-. The maximum Gasteiger partial charge on any atom is 0.131 e. The van der Waals surface area contributed by atoms with Gasteiger partial charge in [-0.1, -0.05) is 27.7 Å². The average Bonchev–Trinajstić information content (AvgIpc) is 2.26. The first-order valence-corrected chi connectivity index (χ1v) is 5.81. The molecule has 0 fully saturated rings. The lowest BCUT2D eigenvalue weighted by Gasteiger charge is -2.21. The molecule has 1 atom stereocenters. The molecule has 0 aromatic heterocycles. The van der Waals surface area contributed by atoms with Crippen LogP contribution in [0.5, 0.6) is 0 Å². The van der Waals surface area contributed by atoms with Crippen molar-refractivity contribution < 1.29 is 14.7 Å². The highest BCUT2D eigenvalue weighted by Crippen LogP contribution is 1.78. The first kappa shape index (κ1) is 27.0. The van der Waals surface area contributed by atoms with Crippen LogP contribution in [0.1, 0.15) is 41.5 Å². The molecule has 6 nitrogen and oxygen atoms in total. The molecule has 0 aliphatic carbocycles. The van der Waals surface area contributed by atoms with E-state index in [9.17, 15) is 14.7 Å².